The Morgan fingerprint density at radius 1 is 1.09 bits per heavy atom. The summed E-state index contributed by atoms with van der Waals surface area (Å²) in [5.74, 6) is -0.935. The number of nitrogens with one attached hydrogen (secondary N) is 1. The zero-order valence-corrected chi connectivity index (χ0v) is 14.1. The second-order valence-electron chi connectivity index (χ2n) is 4.56. The van der Waals surface area contributed by atoms with Gasteiger partial charge in [0.25, 0.3) is 5.91 Å². The van der Waals surface area contributed by atoms with E-state index in [0.29, 0.717) is 20.9 Å². The van der Waals surface area contributed by atoms with Gasteiger partial charge in [0.1, 0.15) is 5.82 Å². The van der Waals surface area contributed by atoms with Gasteiger partial charge in [-0.05, 0) is 37.3 Å². The maximum absolute atomic E-state index is 12.0. The van der Waals surface area contributed by atoms with Crippen LogP contribution in [0.3, 0.4) is 0 Å². The fourth-order valence-corrected chi connectivity index (χ4v) is 2.27. The van der Waals surface area contributed by atoms with Crippen LogP contribution in [0.1, 0.15) is 17.3 Å². The molecule has 2 aromatic rings. The molecule has 8 heteroatoms. The first kappa shape index (κ1) is 17.5. The number of anilines is 1. The van der Waals surface area contributed by atoms with Crippen molar-refractivity contribution >= 4 is 52.5 Å². The first-order valence-corrected chi connectivity index (χ1v) is 7.58. The van der Waals surface area contributed by atoms with Gasteiger partial charge in [0, 0.05) is 16.2 Å². The van der Waals surface area contributed by atoms with Crippen molar-refractivity contribution in [1.29, 1.82) is 0 Å². The quantitative estimate of drug-likeness (QED) is 0.815. The number of ether oxygens (including phenoxy) is 1. The number of benzene rings is 1. The van der Waals surface area contributed by atoms with E-state index in [0.717, 1.165) is 0 Å². The largest absolute Gasteiger partial charge is 0.449 e. The number of esters is 1. The highest BCUT2D eigenvalue weighted by Crippen LogP contribution is 2.20. The van der Waals surface area contributed by atoms with Crippen molar-refractivity contribution < 1.29 is 14.3 Å². The molecule has 5 nitrogen and oxygen atoms in total. The maximum atomic E-state index is 12.0. The van der Waals surface area contributed by atoms with E-state index in [9.17, 15) is 9.59 Å². The summed E-state index contributed by atoms with van der Waals surface area (Å²) in [7, 11) is 0. The van der Waals surface area contributed by atoms with Gasteiger partial charge in [-0.1, -0.05) is 34.8 Å². The van der Waals surface area contributed by atoms with Gasteiger partial charge < -0.3 is 10.1 Å². The number of carbonyl (C=O) groups is 2. The number of halogens is 3. The van der Waals surface area contributed by atoms with E-state index in [1.54, 1.807) is 6.07 Å². The second-order valence-corrected chi connectivity index (χ2v) is 5.87. The summed E-state index contributed by atoms with van der Waals surface area (Å²) in [6.07, 6.45) is 0.361. The van der Waals surface area contributed by atoms with Crippen LogP contribution in [0.25, 0.3) is 0 Å². The van der Waals surface area contributed by atoms with Crippen molar-refractivity contribution in [3.8, 4) is 0 Å². The normalized spacial score (nSPS) is 11.7. The van der Waals surface area contributed by atoms with Crippen molar-refractivity contribution in [2.45, 2.75) is 13.0 Å². The van der Waals surface area contributed by atoms with E-state index in [-0.39, 0.29) is 5.56 Å². The van der Waals surface area contributed by atoms with Crippen LogP contribution in [0, 0.1) is 0 Å². The molecule has 0 fully saturated rings. The van der Waals surface area contributed by atoms with E-state index in [4.69, 9.17) is 39.5 Å². The van der Waals surface area contributed by atoms with Crippen LogP contribution >= 0.6 is 34.8 Å². The van der Waals surface area contributed by atoms with Gasteiger partial charge in [-0.3, -0.25) is 4.79 Å². The predicted molar refractivity (Wildman–Crippen MR) is 89.2 cm³/mol. The zero-order chi connectivity index (χ0) is 17.0. The summed E-state index contributed by atoms with van der Waals surface area (Å²) in [6, 6.07) is 7.41. The Labute approximate surface area is 147 Å². The van der Waals surface area contributed by atoms with E-state index in [1.165, 1.54) is 37.4 Å². The van der Waals surface area contributed by atoms with Crippen molar-refractivity contribution in [1.82, 2.24) is 4.98 Å². The molecule has 0 radical (unpaired) electrons. The number of nitrogens with zero attached hydrogens (tertiary/aromatic N) is 1. The summed E-state index contributed by atoms with van der Waals surface area (Å²) >= 11 is 17.4. The van der Waals surface area contributed by atoms with Crippen LogP contribution in [0.5, 0.6) is 0 Å². The Morgan fingerprint density at radius 3 is 2.30 bits per heavy atom. The second kappa shape index (κ2) is 7.64. The highest BCUT2D eigenvalue weighted by molar-refractivity contribution is 6.35. The van der Waals surface area contributed by atoms with Crippen molar-refractivity contribution in [2.24, 2.45) is 0 Å². The zero-order valence-electron chi connectivity index (χ0n) is 11.8. The third-order valence-electron chi connectivity index (χ3n) is 2.73. The van der Waals surface area contributed by atoms with Crippen LogP contribution in [0.4, 0.5) is 5.82 Å². The average molecular weight is 374 g/mol. The minimum atomic E-state index is -1.03. The number of hydrogen-bond donors (Lipinski definition) is 1. The van der Waals surface area contributed by atoms with Crippen LogP contribution in [0.15, 0.2) is 36.5 Å². The fraction of sp³-hybridized carbons (Fsp3) is 0.133. The lowest BCUT2D eigenvalue weighted by Gasteiger charge is -2.13. The Kier molecular flexibility index (Phi) is 5.82. The molecule has 2 rings (SSSR count). The van der Waals surface area contributed by atoms with E-state index >= 15 is 0 Å². The fourth-order valence-electron chi connectivity index (χ4n) is 1.63. The number of aromatic nitrogens is 1. The van der Waals surface area contributed by atoms with Crippen LogP contribution < -0.4 is 5.32 Å². The van der Waals surface area contributed by atoms with Gasteiger partial charge in [-0.25, -0.2) is 9.78 Å². The first-order valence-electron chi connectivity index (χ1n) is 6.44. The Bertz CT molecular complexity index is 715. The minimum absolute atomic E-state index is 0.159. The monoisotopic (exact) mass is 372 g/mol. The van der Waals surface area contributed by atoms with E-state index in [1.807, 2.05) is 0 Å². The molecule has 1 amide bonds. The summed E-state index contributed by atoms with van der Waals surface area (Å²) in [4.78, 5) is 27.9. The van der Waals surface area contributed by atoms with Gasteiger partial charge in [0.15, 0.2) is 6.10 Å². The number of amides is 1. The van der Waals surface area contributed by atoms with E-state index < -0.39 is 18.0 Å². The van der Waals surface area contributed by atoms with E-state index in [2.05, 4.69) is 10.3 Å². The average Bonchev–Trinajstić information content (AvgIpc) is 2.48. The molecule has 0 saturated heterocycles. The molecule has 1 aromatic heterocycles. The standard InChI is InChI=1S/C15H11Cl3N2O3/c1-8(14(21)20-13-3-2-10(16)7-19-13)23-15(22)9-4-11(17)6-12(18)5-9/h2-8H,1H3,(H,19,20,21)/t8-/m0/s1. The topological polar surface area (TPSA) is 68.3 Å². The maximum Gasteiger partial charge on any atom is 0.339 e. The molecule has 1 heterocycles. The van der Waals surface area contributed by atoms with Gasteiger partial charge in [-0.15, -0.1) is 0 Å². The molecule has 1 atom stereocenters. The van der Waals surface area contributed by atoms with Crippen LogP contribution in [-0.4, -0.2) is 23.0 Å². The highest BCUT2D eigenvalue weighted by atomic mass is 35.5. The molecular weight excluding hydrogens is 363 g/mol. The molecule has 1 aromatic carbocycles. The lowest BCUT2D eigenvalue weighted by Crippen LogP contribution is -2.30. The molecule has 23 heavy (non-hydrogen) atoms. The van der Waals surface area contributed by atoms with Crippen LogP contribution in [-0.2, 0) is 9.53 Å². The summed E-state index contributed by atoms with van der Waals surface area (Å²) in [5, 5.41) is 3.55. The third-order valence-corrected chi connectivity index (χ3v) is 3.39. The minimum Gasteiger partial charge on any atom is -0.449 e. The highest BCUT2D eigenvalue weighted by Gasteiger charge is 2.20. The Balaban J connectivity index is 1.99. The summed E-state index contributed by atoms with van der Waals surface area (Å²) in [5.41, 5.74) is 0.159. The number of hydrogen-bond acceptors (Lipinski definition) is 4. The molecule has 1 N–H and O–H groups in total. The molecule has 0 saturated carbocycles. The Hall–Kier alpha value is -1.82. The molecular formula is C15H11Cl3N2O3. The predicted octanol–water partition coefficient (Wildman–Crippen LogP) is 4.23. The van der Waals surface area contributed by atoms with Gasteiger partial charge >= 0.3 is 5.97 Å². The smallest absolute Gasteiger partial charge is 0.339 e. The third kappa shape index (κ3) is 5.10. The van der Waals surface area contributed by atoms with Crippen LogP contribution in [0.2, 0.25) is 15.1 Å². The molecule has 0 aliphatic rings. The Morgan fingerprint density at radius 2 is 1.74 bits per heavy atom. The lowest BCUT2D eigenvalue weighted by molar-refractivity contribution is -0.123. The molecule has 0 aliphatic carbocycles. The van der Waals surface area contributed by atoms with Crippen molar-refractivity contribution in [3.05, 3.63) is 57.2 Å². The molecule has 0 bridgehead atoms. The molecule has 120 valence electrons. The molecule has 0 aliphatic heterocycles. The number of pyridine rings is 1. The van der Waals surface area contributed by atoms with Crippen molar-refractivity contribution in [2.75, 3.05) is 5.32 Å². The number of carbonyl (C=O) groups excluding carboxylic acids is 2. The van der Waals surface area contributed by atoms with Gasteiger partial charge in [0.05, 0.1) is 10.6 Å². The summed E-state index contributed by atoms with van der Waals surface area (Å²) in [6.45, 7) is 1.44. The first-order chi connectivity index (χ1) is 10.8. The lowest BCUT2D eigenvalue weighted by atomic mass is 10.2. The molecule has 0 unspecified atom stereocenters. The summed E-state index contributed by atoms with van der Waals surface area (Å²) < 4.78 is 5.08. The van der Waals surface area contributed by atoms with Crippen molar-refractivity contribution in [3.63, 3.8) is 0 Å². The molecule has 0 spiro atoms. The van der Waals surface area contributed by atoms with Gasteiger partial charge in [-0.2, -0.15) is 0 Å². The SMILES string of the molecule is C[C@H](OC(=O)c1cc(Cl)cc(Cl)c1)C(=O)Nc1ccc(Cl)cn1. The van der Waals surface area contributed by atoms with Gasteiger partial charge in [0.2, 0.25) is 0 Å². The number of rotatable bonds is 4.